The van der Waals surface area contributed by atoms with Crippen LogP contribution in [0.1, 0.15) is 100.0 Å². The molecule has 1 heterocycles. The van der Waals surface area contributed by atoms with Gasteiger partial charge in [-0.05, 0) is 83.9 Å². The number of allylic oxidation sites excluding steroid dienone is 6. The highest BCUT2D eigenvalue weighted by atomic mass is 15.1. The molecule has 2 aromatic carbocycles. The number of aryl methyl sites for hydroxylation is 1. The molecule has 4 atom stereocenters. The molecule has 0 spiro atoms. The summed E-state index contributed by atoms with van der Waals surface area (Å²) < 4.78 is 0. The fourth-order valence-corrected chi connectivity index (χ4v) is 7.12. The first kappa shape index (κ1) is 24.9. The van der Waals surface area contributed by atoms with Crippen molar-refractivity contribution in [3.05, 3.63) is 107 Å². The molecule has 1 aliphatic heterocycles. The Kier molecular flexibility index (Phi) is 6.86. The maximum atomic E-state index is 2.55. The van der Waals surface area contributed by atoms with E-state index in [-0.39, 0.29) is 5.41 Å². The molecule has 36 heavy (non-hydrogen) atoms. The van der Waals surface area contributed by atoms with Gasteiger partial charge in [-0.15, -0.1) is 0 Å². The topological polar surface area (TPSA) is 3.24 Å². The van der Waals surface area contributed by atoms with E-state index in [0.717, 1.165) is 6.42 Å². The number of fused-ring (bicyclic) bond motifs is 4. The summed E-state index contributed by atoms with van der Waals surface area (Å²) >= 11 is 0. The Labute approximate surface area is 219 Å². The summed E-state index contributed by atoms with van der Waals surface area (Å²) in [6.07, 6.45) is 21.3. The zero-order valence-corrected chi connectivity index (χ0v) is 23.1. The van der Waals surface area contributed by atoms with Crippen LogP contribution in [0.3, 0.4) is 0 Å². The highest BCUT2D eigenvalue weighted by molar-refractivity contribution is 5.81. The van der Waals surface area contributed by atoms with Crippen LogP contribution in [0.2, 0.25) is 0 Å². The summed E-state index contributed by atoms with van der Waals surface area (Å²) in [5.74, 6) is 1.50. The molecule has 0 N–H and O–H groups in total. The zero-order chi connectivity index (χ0) is 25.4. The van der Waals surface area contributed by atoms with E-state index < -0.39 is 0 Å². The van der Waals surface area contributed by atoms with E-state index in [4.69, 9.17) is 0 Å². The van der Waals surface area contributed by atoms with Crippen LogP contribution in [-0.4, -0.2) is 6.04 Å². The van der Waals surface area contributed by atoms with Crippen molar-refractivity contribution in [3.8, 4) is 0 Å². The van der Waals surface area contributed by atoms with E-state index in [2.05, 4.69) is 112 Å². The van der Waals surface area contributed by atoms with Gasteiger partial charge in [0.05, 0.1) is 6.04 Å². The predicted octanol–water partition coefficient (Wildman–Crippen LogP) is 9.60. The van der Waals surface area contributed by atoms with Crippen LogP contribution in [-0.2, 0) is 5.41 Å². The highest BCUT2D eigenvalue weighted by Gasteiger charge is 2.49. The minimum atomic E-state index is 0.159. The highest BCUT2D eigenvalue weighted by Crippen LogP contribution is 2.60. The Balaban J connectivity index is 0.00000130. The maximum Gasteiger partial charge on any atom is 0.0516 e. The molecular weight excluding hydrogens is 434 g/mol. The van der Waals surface area contributed by atoms with Gasteiger partial charge in [0, 0.05) is 23.7 Å². The van der Waals surface area contributed by atoms with Crippen LogP contribution in [0.5, 0.6) is 0 Å². The Hall–Kier alpha value is -2.80. The molecule has 0 fully saturated rings. The third-order valence-corrected chi connectivity index (χ3v) is 8.88. The Morgan fingerprint density at radius 2 is 1.81 bits per heavy atom. The molecule has 2 aromatic rings. The molecule has 1 nitrogen and oxygen atoms in total. The van der Waals surface area contributed by atoms with Crippen LogP contribution < -0.4 is 4.90 Å². The van der Waals surface area contributed by atoms with Crippen molar-refractivity contribution in [1.29, 1.82) is 0 Å². The predicted molar refractivity (Wildman–Crippen MR) is 157 cm³/mol. The molecule has 0 saturated carbocycles. The summed E-state index contributed by atoms with van der Waals surface area (Å²) in [6.45, 7) is 13.5. The van der Waals surface area contributed by atoms with Crippen molar-refractivity contribution >= 4 is 11.3 Å². The summed E-state index contributed by atoms with van der Waals surface area (Å²) in [5.41, 5.74) is 10.5. The average Bonchev–Trinajstić information content (AvgIpc) is 3.43. The first-order valence-corrected chi connectivity index (χ1v) is 14.2. The zero-order valence-electron chi connectivity index (χ0n) is 23.1. The van der Waals surface area contributed by atoms with Gasteiger partial charge in [-0.1, -0.05) is 101 Å². The van der Waals surface area contributed by atoms with Crippen molar-refractivity contribution in [3.63, 3.8) is 0 Å². The fraction of sp³-hybridized carbons (Fsp3) is 0.429. The van der Waals surface area contributed by atoms with Gasteiger partial charge >= 0.3 is 0 Å². The SMILES string of the molecule is CC.Cc1ccc2c(c1)C(C)(C)C1C2=CCC1c1ccc2c(c1)C(C)/C=C\C=C/N2C1C=CCCC1. The van der Waals surface area contributed by atoms with Crippen molar-refractivity contribution in [1.82, 2.24) is 0 Å². The molecule has 1 heteroatoms. The molecule has 0 saturated heterocycles. The Morgan fingerprint density at radius 3 is 2.58 bits per heavy atom. The van der Waals surface area contributed by atoms with Gasteiger partial charge in [-0.3, -0.25) is 0 Å². The van der Waals surface area contributed by atoms with E-state index in [1.165, 1.54) is 52.8 Å². The Bertz CT molecular complexity index is 1240. The van der Waals surface area contributed by atoms with Gasteiger partial charge in [-0.2, -0.15) is 0 Å². The number of benzene rings is 2. The lowest BCUT2D eigenvalue weighted by Gasteiger charge is -2.35. The summed E-state index contributed by atoms with van der Waals surface area (Å²) in [6, 6.07) is 15.0. The lowest BCUT2D eigenvalue weighted by atomic mass is 9.70. The van der Waals surface area contributed by atoms with Gasteiger partial charge in [0.1, 0.15) is 0 Å². The molecule has 0 radical (unpaired) electrons. The second kappa shape index (κ2) is 9.92. The van der Waals surface area contributed by atoms with E-state index in [1.54, 1.807) is 5.57 Å². The first-order valence-electron chi connectivity index (χ1n) is 14.2. The average molecular weight is 478 g/mol. The van der Waals surface area contributed by atoms with E-state index in [0.29, 0.717) is 23.8 Å². The number of rotatable bonds is 2. The quantitative estimate of drug-likeness (QED) is 0.389. The lowest BCUT2D eigenvalue weighted by molar-refractivity contribution is 0.366. The van der Waals surface area contributed by atoms with Crippen LogP contribution in [0.15, 0.2) is 79.1 Å². The van der Waals surface area contributed by atoms with Crippen LogP contribution in [0.4, 0.5) is 5.69 Å². The molecule has 0 aromatic heterocycles. The van der Waals surface area contributed by atoms with E-state index in [9.17, 15) is 0 Å². The minimum absolute atomic E-state index is 0.159. The van der Waals surface area contributed by atoms with Gasteiger partial charge < -0.3 is 4.90 Å². The number of hydrogen-bond donors (Lipinski definition) is 0. The van der Waals surface area contributed by atoms with Crippen LogP contribution in [0.25, 0.3) is 5.57 Å². The maximum absolute atomic E-state index is 2.55. The van der Waals surface area contributed by atoms with Gasteiger partial charge in [0.2, 0.25) is 0 Å². The number of hydrogen-bond acceptors (Lipinski definition) is 1. The lowest BCUT2D eigenvalue weighted by Crippen LogP contribution is -2.31. The monoisotopic (exact) mass is 477 g/mol. The molecule has 6 rings (SSSR count). The summed E-state index contributed by atoms with van der Waals surface area (Å²) in [7, 11) is 0. The second-order valence-corrected chi connectivity index (χ2v) is 11.4. The van der Waals surface area contributed by atoms with Gasteiger partial charge in [0.15, 0.2) is 0 Å². The normalized spacial score (nSPS) is 29.1. The molecule has 3 aliphatic carbocycles. The second-order valence-electron chi connectivity index (χ2n) is 11.4. The summed E-state index contributed by atoms with van der Waals surface area (Å²) in [5, 5.41) is 0. The number of nitrogens with zero attached hydrogens (tertiary/aromatic N) is 1. The summed E-state index contributed by atoms with van der Waals surface area (Å²) in [4.78, 5) is 2.52. The number of anilines is 1. The molecule has 4 aliphatic rings. The third kappa shape index (κ3) is 4.11. The van der Waals surface area contributed by atoms with Crippen molar-refractivity contribution in [2.45, 2.75) is 90.5 Å². The van der Waals surface area contributed by atoms with E-state index >= 15 is 0 Å². The van der Waals surface area contributed by atoms with Gasteiger partial charge in [-0.25, -0.2) is 0 Å². The minimum Gasteiger partial charge on any atom is -0.341 e. The van der Waals surface area contributed by atoms with E-state index in [1.807, 2.05) is 13.8 Å². The van der Waals surface area contributed by atoms with Crippen LogP contribution >= 0.6 is 0 Å². The fourth-order valence-electron chi connectivity index (χ4n) is 7.12. The molecule has 0 amide bonds. The molecule has 188 valence electrons. The Morgan fingerprint density at radius 1 is 0.972 bits per heavy atom. The van der Waals surface area contributed by atoms with Crippen LogP contribution in [0, 0.1) is 12.8 Å². The standard InChI is InChI=1S/C33H37N.C2H6/c1-22-13-15-27-28-17-16-26(32(28)33(3,4)30(27)20-22)24-14-18-31-29(21-24)23(2)10-8-9-19-34(31)25-11-6-5-7-12-25;1-2/h6,8-11,13-15,17-21,23,25-26,32H,5,7,12,16H2,1-4H3;1-2H3/b10-8-,19-9-;. The van der Waals surface area contributed by atoms with Gasteiger partial charge in [0.25, 0.3) is 0 Å². The molecular formula is C35H43N. The first-order chi connectivity index (χ1) is 17.4. The van der Waals surface area contributed by atoms with Crippen molar-refractivity contribution < 1.29 is 0 Å². The largest absolute Gasteiger partial charge is 0.341 e. The molecule has 4 unspecified atom stereocenters. The van der Waals surface area contributed by atoms with Crippen molar-refractivity contribution in [2.24, 2.45) is 5.92 Å². The third-order valence-electron chi connectivity index (χ3n) is 8.88. The smallest absolute Gasteiger partial charge is 0.0516 e. The molecule has 0 bridgehead atoms. The van der Waals surface area contributed by atoms with Crippen molar-refractivity contribution in [2.75, 3.05) is 4.90 Å².